The van der Waals surface area contributed by atoms with Crippen LogP contribution in [0.2, 0.25) is 0 Å². The van der Waals surface area contributed by atoms with Crippen LogP contribution < -0.4 is 5.56 Å². The van der Waals surface area contributed by atoms with E-state index >= 15 is 0 Å². The minimum absolute atomic E-state index is 0.0383. The molecule has 3 heteroatoms. The summed E-state index contributed by atoms with van der Waals surface area (Å²) in [5.74, 6) is 0. The number of hydrogen-bond donors (Lipinski definition) is 0. The first kappa shape index (κ1) is 8.69. The second kappa shape index (κ2) is 3.46. The third-order valence-corrected chi connectivity index (χ3v) is 2.06. The van der Waals surface area contributed by atoms with E-state index in [4.69, 9.17) is 0 Å². The van der Waals surface area contributed by atoms with Crippen LogP contribution >= 0.6 is 0 Å². The highest BCUT2D eigenvalue weighted by atomic mass is 16.1. The molecule has 0 N–H and O–H groups in total. The van der Waals surface area contributed by atoms with Gasteiger partial charge in [0.15, 0.2) is 0 Å². The lowest BCUT2D eigenvalue weighted by molar-refractivity contribution is 0.957. The molecule has 0 amide bonds. The zero-order chi connectivity index (χ0) is 9.97. The Morgan fingerprint density at radius 3 is 2.79 bits per heavy atom. The maximum absolute atomic E-state index is 11.5. The van der Waals surface area contributed by atoms with Crippen LogP contribution in [0.15, 0.2) is 47.5 Å². The smallest absolute Gasteiger partial charge is 0.255 e. The average Bonchev–Trinajstić information content (AvgIpc) is 2.20. The Kier molecular flexibility index (Phi) is 2.14. The molecule has 2 aromatic heterocycles. The van der Waals surface area contributed by atoms with Crippen molar-refractivity contribution in [2.75, 3.05) is 0 Å². The lowest BCUT2D eigenvalue weighted by Gasteiger charge is -2.06. The molecule has 2 rings (SSSR count). The minimum atomic E-state index is -0.0383. The van der Waals surface area contributed by atoms with Gasteiger partial charge in [-0.3, -0.25) is 14.3 Å². The lowest BCUT2D eigenvalue weighted by Crippen LogP contribution is -2.16. The maximum atomic E-state index is 11.5. The molecule has 0 spiro atoms. The molecule has 0 fully saturated rings. The molecule has 0 radical (unpaired) electrons. The van der Waals surface area contributed by atoms with Gasteiger partial charge in [-0.05, 0) is 25.1 Å². The molecule has 0 saturated carbocycles. The molecule has 0 unspecified atom stereocenters. The predicted molar refractivity (Wildman–Crippen MR) is 54.6 cm³/mol. The molecular weight excluding hydrogens is 176 g/mol. The van der Waals surface area contributed by atoms with E-state index in [2.05, 4.69) is 4.98 Å². The van der Waals surface area contributed by atoms with Crippen LogP contribution in [0, 0.1) is 6.92 Å². The topological polar surface area (TPSA) is 34.9 Å². The third kappa shape index (κ3) is 1.44. The molecule has 0 bridgehead atoms. The fourth-order valence-corrected chi connectivity index (χ4v) is 1.36. The van der Waals surface area contributed by atoms with Crippen molar-refractivity contribution in [1.82, 2.24) is 9.55 Å². The van der Waals surface area contributed by atoms with Crippen molar-refractivity contribution in [3.8, 4) is 5.69 Å². The first-order valence-corrected chi connectivity index (χ1v) is 4.39. The average molecular weight is 186 g/mol. The zero-order valence-corrected chi connectivity index (χ0v) is 7.84. The van der Waals surface area contributed by atoms with Gasteiger partial charge in [-0.15, -0.1) is 0 Å². The number of aromatic nitrogens is 2. The van der Waals surface area contributed by atoms with Gasteiger partial charge < -0.3 is 0 Å². The standard InChI is InChI=1S/C11H10N2O/c1-9-10(5-4-7-12-9)13-8-3-2-6-11(13)14/h2-8H,1H3. The van der Waals surface area contributed by atoms with E-state index in [0.717, 1.165) is 11.4 Å². The molecule has 0 aliphatic heterocycles. The third-order valence-electron chi connectivity index (χ3n) is 2.06. The fourth-order valence-electron chi connectivity index (χ4n) is 1.36. The van der Waals surface area contributed by atoms with Crippen LogP contribution in [0.3, 0.4) is 0 Å². The van der Waals surface area contributed by atoms with Crippen molar-refractivity contribution < 1.29 is 0 Å². The largest absolute Gasteiger partial charge is 0.282 e. The number of pyridine rings is 2. The predicted octanol–water partition coefficient (Wildman–Crippen LogP) is 1.54. The summed E-state index contributed by atoms with van der Waals surface area (Å²) in [6.45, 7) is 1.88. The second-order valence-electron chi connectivity index (χ2n) is 3.02. The lowest BCUT2D eigenvalue weighted by atomic mass is 10.3. The van der Waals surface area contributed by atoms with E-state index in [1.165, 1.54) is 6.07 Å². The molecule has 0 atom stereocenters. The van der Waals surface area contributed by atoms with Crippen LogP contribution in [-0.4, -0.2) is 9.55 Å². The molecule has 0 aliphatic rings. The molecule has 3 nitrogen and oxygen atoms in total. The van der Waals surface area contributed by atoms with Gasteiger partial charge in [0.2, 0.25) is 0 Å². The van der Waals surface area contributed by atoms with Gasteiger partial charge in [-0.25, -0.2) is 0 Å². The summed E-state index contributed by atoms with van der Waals surface area (Å²) in [7, 11) is 0. The highest BCUT2D eigenvalue weighted by Crippen LogP contribution is 2.07. The summed E-state index contributed by atoms with van der Waals surface area (Å²) in [6.07, 6.45) is 3.46. The summed E-state index contributed by atoms with van der Waals surface area (Å²) in [5.41, 5.74) is 1.64. The van der Waals surface area contributed by atoms with Crippen molar-refractivity contribution in [3.63, 3.8) is 0 Å². The Hall–Kier alpha value is -1.90. The Balaban J connectivity index is 2.67. The maximum Gasteiger partial charge on any atom is 0.255 e. The first-order valence-electron chi connectivity index (χ1n) is 4.39. The molecule has 0 aromatic carbocycles. The molecular formula is C11H10N2O. The van der Waals surface area contributed by atoms with Gasteiger partial charge >= 0.3 is 0 Å². The molecule has 14 heavy (non-hydrogen) atoms. The minimum Gasteiger partial charge on any atom is -0.282 e. The number of nitrogens with zero attached hydrogens (tertiary/aromatic N) is 2. The Morgan fingerprint density at radius 2 is 2.07 bits per heavy atom. The van der Waals surface area contributed by atoms with Gasteiger partial charge in [0.05, 0.1) is 11.4 Å². The summed E-state index contributed by atoms with van der Waals surface area (Å²) >= 11 is 0. The van der Waals surface area contributed by atoms with E-state index in [1.807, 2.05) is 25.1 Å². The van der Waals surface area contributed by atoms with Gasteiger partial charge in [-0.2, -0.15) is 0 Å². The van der Waals surface area contributed by atoms with Gasteiger partial charge in [0.1, 0.15) is 0 Å². The van der Waals surface area contributed by atoms with Crippen LogP contribution in [0.25, 0.3) is 5.69 Å². The van der Waals surface area contributed by atoms with Gasteiger partial charge in [-0.1, -0.05) is 6.07 Å². The quantitative estimate of drug-likeness (QED) is 0.677. The van der Waals surface area contributed by atoms with E-state index in [-0.39, 0.29) is 5.56 Å². The summed E-state index contributed by atoms with van der Waals surface area (Å²) in [5, 5.41) is 0. The Labute approximate surface area is 81.7 Å². The highest BCUT2D eigenvalue weighted by Gasteiger charge is 2.00. The van der Waals surface area contributed by atoms with E-state index < -0.39 is 0 Å². The Morgan fingerprint density at radius 1 is 1.21 bits per heavy atom. The van der Waals surface area contributed by atoms with Crippen molar-refractivity contribution >= 4 is 0 Å². The van der Waals surface area contributed by atoms with Crippen molar-refractivity contribution in [3.05, 3.63) is 58.8 Å². The van der Waals surface area contributed by atoms with Crippen LogP contribution in [0.1, 0.15) is 5.69 Å². The summed E-state index contributed by atoms with van der Waals surface area (Å²) in [4.78, 5) is 15.6. The van der Waals surface area contributed by atoms with E-state index in [1.54, 1.807) is 23.0 Å². The zero-order valence-electron chi connectivity index (χ0n) is 7.84. The summed E-state index contributed by atoms with van der Waals surface area (Å²) in [6, 6.07) is 8.79. The van der Waals surface area contributed by atoms with E-state index in [9.17, 15) is 4.79 Å². The van der Waals surface area contributed by atoms with Crippen molar-refractivity contribution in [2.45, 2.75) is 6.92 Å². The van der Waals surface area contributed by atoms with Crippen LogP contribution in [0.5, 0.6) is 0 Å². The summed E-state index contributed by atoms with van der Waals surface area (Å²) < 4.78 is 1.59. The van der Waals surface area contributed by atoms with Crippen molar-refractivity contribution in [2.24, 2.45) is 0 Å². The van der Waals surface area contributed by atoms with Crippen LogP contribution in [-0.2, 0) is 0 Å². The van der Waals surface area contributed by atoms with Crippen LogP contribution in [0.4, 0.5) is 0 Å². The highest BCUT2D eigenvalue weighted by molar-refractivity contribution is 5.35. The number of aryl methyl sites for hydroxylation is 1. The number of hydrogen-bond acceptors (Lipinski definition) is 2. The molecule has 0 aliphatic carbocycles. The molecule has 2 heterocycles. The Bertz CT molecular complexity index is 502. The first-order chi connectivity index (χ1) is 6.79. The van der Waals surface area contributed by atoms with Gasteiger partial charge in [0.25, 0.3) is 5.56 Å². The molecule has 0 saturated heterocycles. The number of rotatable bonds is 1. The fraction of sp³-hybridized carbons (Fsp3) is 0.0909. The molecule has 2 aromatic rings. The van der Waals surface area contributed by atoms with E-state index in [0.29, 0.717) is 0 Å². The normalized spacial score (nSPS) is 10.1. The van der Waals surface area contributed by atoms with Crippen molar-refractivity contribution in [1.29, 1.82) is 0 Å². The second-order valence-corrected chi connectivity index (χ2v) is 3.02. The monoisotopic (exact) mass is 186 g/mol. The van der Waals surface area contributed by atoms with Gasteiger partial charge in [0, 0.05) is 18.5 Å². The SMILES string of the molecule is Cc1ncccc1-n1ccccc1=O. The molecule has 70 valence electrons.